The van der Waals surface area contributed by atoms with Gasteiger partial charge in [-0.15, -0.1) is 0 Å². The monoisotopic (exact) mass is 249 g/mol. The molecule has 0 saturated carbocycles. The Hall–Kier alpha value is -1.24. The summed E-state index contributed by atoms with van der Waals surface area (Å²) in [6, 6.07) is 10.5. The molecule has 1 fully saturated rings. The second kappa shape index (κ2) is 5.90. The van der Waals surface area contributed by atoms with Crippen molar-refractivity contribution >= 4 is 17.3 Å². The van der Waals surface area contributed by atoms with Gasteiger partial charge in [0, 0.05) is 29.8 Å². The Morgan fingerprint density at radius 1 is 1.41 bits per heavy atom. The van der Waals surface area contributed by atoms with E-state index in [2.05, 4.69) is 28.4 Å². The fourth-order valence-corrected chi connectivity index (χ4v) is 2.35. The second-order valence-corrected chi connectivity index (χ2v) is 4.74. The number of hydrogen-bond donors (Lipinski definition) is 1. The lowest BCUT2D eigenvalue weighted by Gasteiger charge is -2.34. The molecule has 0 amide bonds. The number of anilines is 1. The molecule has 0 aromatic heterocycles. The highest BCUT2D eigenvalue weighted by molar-refractivity contribution is 6.30. The first-order valence-corrected chi connectivity index (χ1v) is 6.28. The molecule has 0 aliphatic carbocycles. The molecule has 1 atom stereocenters. The predicted octanol–water partition coefficient (Wildman–Crippen LogP) is 2.42. The summed E-state index contributed by atoms with van der Waals surface area (Å²) in [6.07, 6.45) is 2.30. The van der Waals surface area contributed by atoms with Gasteiger partial charge in [0.05, 0.1) is 12.6 Å². The minimum atomic E-state index is 0.416. The van der Waals surface area contributed by atoms with Crippen LogP contribution in [0.5, 0.6) is 0 Å². The molecule has 1 aliphatic rings. The third-order valence-electron chi connectivity index (χ3n) is 3.08. The molecule has 1 aliphatic heterocycles. The van der Waals surface area contributed by atoms with E-state index >= 15 is 0 Å². The lowest BCUT2D eigenvalue weighted by molar-refractivity contribution is 0.439. The van der Waals surface area contributed by atoms with Crippen LogP contribution in [0.4, 0.5) is 5.69 Å². The van der Waals surface area contributed by atoms with Gasteiger partial charge >= 0.3 is 0 Å². The summed E-state index contributed by atoms with van der Waals surface area (Å²) in [5.74, 6) is 0. The van der Waals surface area contributed by atoms with Crippen molar-refractivity contribution in [1.29, 1.82) is 5.26 Å². The van der Waals surface area contributed by atoms with E-state index in [0.717, 1.165) is 31.0 Å². The molecule has 1 aromatic carbocycles. The Balaban J connectivity index is 1.97. The largest absolute Gasteiger partial charge is 0.370 e. The first kappa shape index (κ1) is 12.2. The summed E-state index contributed by atoms with van der Waals surface area (Å²) in [4.78, 5) is 2.34. The van der Waals surface area contributed by atoms with Gasteiger partial charge in [0.25, 0.3) is 0 Å². The Morgan fingerprint density at radius 2 is 2.18 bits per heavy atom. The Kier molecular flexibility index (Phi) is 4.24. The molecule has 2 rings (SSSR count). The lowest BCUT2D eigenvalue weighted by atomic mass is 10.0. The quantitative estimate of drug-likeness (QED) is 0.837. The van der Waals surface area contributed by atoms with Crippen molar-refractivity contribution in [1.82, 2.24) is 5.32 Å². The number of halogens is 1. The van der Waals surface area contributed by atoms with Gasteiger partial charge in [-0.2, -0.15) is 5.26 Å². The average Bonchev–Trinajstić information content (AvgIpc) is 2.37. The van der Waals surface area contributed by atoms with E-state index in [-0.39, 0.29) is 0 Å². The van der Waals surface area contributed by atoms with Crippen LogP contribution >= 0.6 is 11.6 Å². The third kappa shape index (κ3) is 3.36. The summed E-state index contributed by atoms with van der Waals surface area (Å²) >= 11 is 5.88. The first-order chi connectivity index (χ1) is 8.29. The molecule has 90 valence electrons. The van der Waals surface area contributed by atoms with Gasteiger partial charge in [-0.25, -0.2) is 0 Å². The molecule has 1 saturated heterocycles. The zero-order valence-electron chi connectivity index (χ0n) is 9.69. The van der Waals surface area contributed by atoms with E-state index < -0.39 is 0 Å². The molecule has 0 spiro atoms. The molecule has 1 N–H and O–H groups in total. The van der Waals surface area contributed by atoms with Crippen LogP contribution in [-0.4, -0.2) is 25.7 Å². The number of nitriles is 1. The molecule has 17 heavy (non-hydrogen) atoms. The number of hydrogen-bond acceptors (Lipinski definition) is 3. The topological polar surface area (TPSA) is 39.1 Å². The zero-order chi connectivity index (χ0) is 12.1. The number of benzene rings is 1. The zero-order valence-corrected chi connectivity index (χ0v) is 10.5. The van der Waals surface area contributed by atoms with Crippen LogP contribution in [0.15, 0.2) is 24.3 Å². The standard InChI is InChI=1S/C13H16ClN3/c14-11-3-5-13(6-4-11)17-9-1-2-12(10-17)16-8-7-15/h3-6,12,16H,1-2,8-10H2. The maximum absolute atomic E-state index is 8.57. The molecule has 1 aromatic rings. The molecule has 0 bridgehead atoms. The maximum atomic E-state index is 8.57. The van der Waals surface area contributed by atoms with Gasteiger partial charge in [-0.05, 0) is 37.1 Å². The summed E-state index contributed by atoms with van der Waals surface area (Å²) < 4.78 is 0. The minimum absolute atomic E-state index is 0.416. The van der Waals surface area contributed by atoms with Crippen molar-refractivity contribution in [2.24, 2.45) is 0 Å². The third-order valence-corrected chi connectivity index (χ3v) is 3.33. The minimum Gasteiger partial charge on any atom is -0.370 e. The SMILES string of the molecule is N#CCNC1CCCN(c2ccc(Cl)cc2)C1. The van der Waals surface area contributed by atoms with Crippen LogP contribution in [0, 0.1) is 11.3 Å². The van der Waals surface area contributed by atoms with Crippen LogP contribution < -0.4 is 10.2 Å². The van der Waals surface area contributed by atoms with Crippen LogP contribution in [0.3, 0.4) is 0 Å². The van der Waals surface area contributed by atoms with Crippen molar-refractivity contribution in [2.45, 2.75) is 18.9 Å². The van der Waals surface area contributed by atoms with Crippen molar-refractivity contribution in [3.8, 4) is 6.07 Å². The summed E-state index contributed by atoms with van der Waals surface area (Å²) in [5, 5.41) is 12.6. The summed E-state index contributed by atoms with van der Waals surface area (Å²) in [6.45, 7) is 2.47. The van der Waals surface area contributed by atoms with Gasteiger partial charge in [-0.1, -0.05) is 11.6 Å². The number of piperidine rings is 1. The number of nitrogens with zero attached hydrogens (tertiary/aromatic N) is 2. The van der Waals surface area contributed by atoms with Crippen molar-refractivity contribution in [3.63, 3.8) is 0 Å². The van der Waals surface area contributed by atoms with Crippen LogP contribution in [0.1, 0.15) is 12.8 Å². The Labute approximate surface area is 107 Å². The molecule has 4 heteroatoms. The predicted molar refractivity (Wildman–Crippen MR) is 70.3 cm³/mol. The van der Waals surface area contributed by atoms with Crippen LogP contribution in [-0.2, 0) is 0 Å². The van der Waals surface area contributed by atoms with E-state index in [1.165, 1.54) is 5.69 Å². The summed E-state index contributed by atoms with van der Waals surface area (Å²) in [5.41, 5.74) is 1.21. The lowest BCUT2D eigenvalue weighted by Crippen LogP contribution is -2.45. The van der Waals surface area contributed by atoms with E-state index in [1.54, 1.807) is 0 Å². The van der Waals surface area contributed by atoms with E-state index in [1.807, 2.05) is 12.1 Å². The number of rotatable bonds is 3. The molecule has 0 radical (unpaired) electrons. The van der Waals surface area contributed by atoms with Gasteiger partial charge in [0.1, 0.15) is 0 Å². The van der Waals surface area contributed by atoms with Gasteiger partial charge in [0.2, 0.25) is 0 Å². The fraction of sp³-hybridized carbons (Fsp3) is 0.462. The highest BCUT2D eigenvalue weighted by atomic mass is 35.5. The molecule has 1 heterocycles. The summed E-state index contributed by atoms with van der Waals surface area (Å²) in [7, 11) is 0. The van der Waals surface area contributed by atoms with Crippen LogP contribution in [0.2, 0.25) is 5.02 Å². The molecular formula is C13H16ClN3. The van der Waals surface area contributed by atoms with Crippen molar-refractivity contribution < 1.29 is 0 Å². The second-order valence-electron chi connectivity index (χ2n) is 4.30. The smallest absolute Gasteiger partial charge is 0.0843 e. The van der Waals surface area contributed by atoms with Gasteiger partial charge in [0.15, 0.2) is 0 Å². The highest BCUT2D eigenvalue weighted by Crippen LogP contribution is 2.21. The van der Waals surface area contributed by atoms with E-state index in [0.29, 0.717) is 12.6 Å². The average molecular weight is 250 g/mol. The van der Waals surface area contributed by atoms with Crippen molar-refractivity contribution in [3.05, 3.63) is 29.3 Å². The highest BCUT2D eigenvalue weighted by Gasteiger charge is 2.19. The molecular weight excluding hydrogens is 234 g/mol. The van der Waals surface area contributed by atoms with Gasteiger partial charge in [-0.3, -0.25) is 5.32 Å². The maximum Gasteiger partial charge on any atom is 0.0843 e. The molecule has 1 unspecified atom stereocenters. The number of nitrogens with one attached hydrogen (secondary N) is 1. The first-order valence-electron chi connectivity index (χ1n) is 5.90. The van der Waals surface area contributed by atoms with E-state index in [4.69, 9.17) is 16.9 Å². The Morgan fingerprint density at radius 3 is 2.88 bits per heavy atom. The Bertz CT molecular complexity index is 396. The normalized spacial score (nSPS) is 20.0. The van der Waals surface area contributed by atoms with Gasteiger partial charge < -0.3 is 4.90 Å². The van der Waals surface area contributed by atoms with Crippen LogP contribution in [0.25, 0.3) is 0 Å². The van der Waals surface area contributed by atoms with Crippen molar-refractivity contribution in [2.75, 3.05) is 24.5 Å². The fourth-order valence-electron chi connectivity index (χ4n) is 2.22. The van der Waals surface area contributed by atoms with E-state index in [9.17, 15) is 0 Å². The molecule has 3 nitrogen and oxygen atoms in total.